The van der Waals surface area contributed by atoms with E-state index in [2.05, 4.69) is 0 Å². The summed E-state index contributed by atoms with van der Waals surface area (Å²) in [6.07, 6.45) is 1.35. The van der Waals surface area contributed by atoms with Crippen LogP contribution >= 0.6 is 0 Å². The highest BCUT2D eigenvalue weighted by Gasteiger charge is 2.31. The topological polar surface area (TPSA) is 84.0 Å². The predicted molar refractivity (Wildman–Crippen MR) is 118 cm³/mol. The Labute approximate surface area is 179 Å². The Morgan fingerprint density at radius 2 is 1.80 bits per heavy atom. The summed E-state index contributed by atoms with van der Waals surface area (Å²) in [4.78, 5) is -0.0135. The Morgan fingerprint density at radius 1 is 1.07 bits per heavy atom. The lowest BCUT2D eigenvalue weighted by atomic mass is 10.2. The molecule has 164 valence electrons. The van der Waals surface area contributed by atoms with Gasteiger partial charge in [0, 0.05) is 19.6 Å². The van der Waals surface area contributed by atoms with Crippen LogP contribution in [0.3, 0.4) is 0 Å². The molecule has 0 aromatic heterocycles. The minimum atomic E-state index is -3.91. The molecule has 30 heavy (non-hydrogen) atoms. The minimum absolute atomic E-state index is 0.0135. The van der Waals surface area contributed by atoms with Crippen molar-refractivity contribution >= 4 is 25.7 Å². The molecule has 0 spiro atoms. The van der Waals surface area contributed by atoms with E-state index in [1.807, 2.05) is 30.3 Å². The van der Waals surface area contributed by atoms with E-state index in [1.54, 1.807) is 26.0 Å². The van der Waals surface area contributed by atoms with Crippen molar-refractivity contribution in [3.8, 4) is 5.75 Å². The van der Waals surface area contributed by atoms with Crippen LogP contribution < -0.4 is 9.04 Å². The van der Waals surface area contributed by atoms with Gasteiger partial charge < -0.3 is 4.74 Å². The van der Waals surface area contributed by atoms with Gasteiger partial charge in [0.15, 0.2) is 0 Å². The number of hydrogen-bond acceptors (Lipinski definition) is 5. The van der Waals surface area contributed by atoms with Crippen molar-refractivity contribution in [2.45, 2.75) is 38.1 Å². The van der Waals surface area contributed by atoms with E-state index in [0.29, 0.717) is 25.3 Å². The van der Waals surface area contributed by atoms with Crippen LogP contribution in [0.25, 0.3) is 0 Å². The van der Waals surface area contributed by atoms with Gasteiger partial charge in [0.2, 0.25) is 20.0 Å². The number of rotatable bonds is 8. The maximum Gasteiger partial charge on any atom is 0.247 e. The van der Waals surface area contributed by atoms with Crippen molar-refractivity contribution in [3.63, 3.8) is 0 Å². The molecule has 0 bridgehead atoms. The first kappa shape index (κ1) is 22.6. The van der Waals surface area contributed by atoms with Crippen LogP contribution in [0.2, 0.25) is 0 Å². The smallest absolute Gasteiger partial charge is 0.247 e. The second-order valence-corrected chi connectivity index (χ2v) is 11.0. The fourth-order valence-electron chi connectivity index (χ4n) is 3.50. The lowest BCUT2D eigenvalue weighted by Crippen LogP contribution is -2.38. The van der Waals surface area contributed by atoms with Gasteiger partial charge in [-0.2, -0.15) is 4.31 Å². The average Bonchev–Trinajstić information content (AvgIpc) is 2.73. The molecule has 0 atom stereocenters. The summed E-state index contributed by atoms with van der Waals surface area (Å²) in [5.74, 6) is 0.291. The van der Waals surface area contributed by atoms with Crippen LogP contribution in [-0.2, 0) is 26.6 Å². The van der Waals surface area contributed by atoms with E-state index >= 15 is 0 Å². The third kappa shape index (κ3) is 4.79. The molecule has 0 unspecified atom stereocenters. The first-order valence-electron chi connectivity index (χ1n) is 10.1. The zero-order valence-electron chi connectivity index (χ0n) is 17.3. The van der Waals surface area contributed by atoms with Crippen molar-refractivity contribution in [3.05, 3.63) is 54.1 Å². The molecule has 1 heterocycles. The molecule has 1 aliphatic rings. The van der Waals surface area contributed by atoms with Gasteiger partial charge in [-0.05, 0) is 43.5 Å². The summed E-state index contributed by atoms with van der Waals surface area (Å²) < 4.78 is 60.4. The van der Waals surface area contributed by atoms with E-state index in [0.717, 1.165) is 12.0 Å². The molecule has 9 heteroatoms. The van der Waals surface area contributed by atoms with Gasteiger partial charge >= 0.3 is 0 Å². The highest BCUT2D eigenvalue weighted by Crippen LogP contribution is 2.34. The van der Waals surface area contributed by atoms with Gasteiger partial charge in [-0.25, -0.2) is 16.8 Å². The average molecular weight is 453 g/mol. The molecule has 0 aliphatic carbocycles. The lowest BCUT2D eigenvalue weighted by Gasteiger charge is -2.29. The Morgan fingerprint density at radius 3 is 2.43 bits per heavy atom. The lowest BCUT2D eigenvalue weighted by molar-refractivity contribution is 0.328. The SMILES string of the molecule is CCOc1ccc(N2CCCCS2(=O)=O)cc1S(=O)(=O)N(CC)Cc1ccccc1. The Kier molecular flexibility index (Phi) is 7.05. The standard InChI is InChI=1S/C21H28N2O5S2/c1-3-22(17-18-10-6-5-7-11-18)30(26,27)21-16-19(12-13-20(21)28-4-2)23-14-8-9-15-29(23,24)25/h5-7,10-13,16H,3-4,8-9,14-15,17H2,1-2H3. The van der Waals surface area contributed by atoms with Crippen molar-refractivity contribution in [2.24, 2.45) is 0 Å². The van der Waals surface area contributed by atoms with Crippen LogP contribution in [0.5, 0.6) is 5.75 Å². The number of nitrogens with zero attached hydrogens (tertiary/aromatic N) is 2. The van der Waals surface area contributed by atoms with Crippen molar-refractivity contribution in [2.75, 3.05) is 29.8 Å². The molecule has 0 saturated carbocycles. The molecule has 0 N–H and O–H groups in total. The number of anilines is 1. The van der Waals surface area contributed by atoms with Crippen molar-refractivity contribution in [1.82, 2.24) is 4.31 Å². The summed E-state index contributed by atoms with van der Waals surface area (Å²) in [5, 5.41) is 0. The quantitative estimate of drug-likeness (QED) is 0.614. The van der Waals surface area contributed by atoms with Crippen molar-refractivity contribution < 1.29 is 21.6 Å². The van der Waals surface area contributed by atoms with Crippen LogP contribution in [0, 0.1) is 0 Å². The maximum atomic E-state index is 13.5. The van der Waals surface area contributed by atoms with Gasteiger partial charge in [-0.1, -0.05) is 37.3 Å². The molecular formula is C21H28N2O5S2. The monoisotopic (exact) mass is 452 g/mol. The predicted octanol–water partition coefficient (Wildman–Crippen LogP) is 3.23. The van der Waals surface area contributed by atoms with E-state index in [4.69, 9.17) is 4.74 Å². The van der Waals surface area contributed by atoms with Crippen molar-refractivity contribution in [1.29, 1.82) is 0 Å². The first-order chi connectivity index (χ1) is 14.3. The second kappa shape index (κ2) is 9.36. The molecule has 1 fully saturated rings. The van der Waals surface area contributed by atoms with Gasteiger partial charge in [-0.15, -0.1) is 0 Å². The minimum Gasteiger partial charge on any atom is -0.492 e. The van der Waals surface area contributed by atoms with Crippen LogP contribution in [0.15, 0.2) is 53.4 Å². The molecule has 7 nitrogen and oxygen atoms in total. The number of hydrogen-bond donors (Lipinski definition) is 0. The fraction of sp³-hybridized carbons (Fsp3) is 0.429. The molecule has 2 aromatic rings. The molecule has 0 amide bonds. The zero-order valence-corrected chi connectivity index (χ0v) is 19.0. The molecule has 2 aromatic carbocycles. The molecule has 0 radical (unpaired) electrons. The van der Waals surface area contributed by atoms with E-state index in [-0.39, 0.29) is 29.5 Å². The molecular weight excluding hydrogens is 424 g/mol. The highest BCUT2D eigenvalue weighted by molar-refractivity contribution is 7.92. The van der Waals surface area contributed by atoms with Crippen LogP contribution in [0.4, 0.5) is 5.69 Å². The first-order valence-corrected chi connectivity index (χ1v) is 13.2. The summed E-state index contributed by atoms with van der Waals surface area (Å²) >= 11 is 0. The molecule has 3 rings (SSSR count). The Bertz CT molecular complexity index is 1070. The van der Waals surface area contributed by atoms with Gasteiger partial charge in [0.25, 0.3) is 0 Å². The van der Waals surface area contributed by atoms with Gasteiger partial charge in [-0.3, -0.25) is 4.31 Å². The largest absolute Gasteiger partial charge is 0.492 e. The van der Waals surface area contributed by atoms with E-state index < -0.39 is 20.0 Å². The van der Waals surface area contributed by atoms with E-state index in [1.165, 1.54) is 14.7 Å². The van der Waals surface area contributed by atoms with Crippen LogP contribution in [-0.4, -0.2) is 46.6 Å². The van der Waals surface area contributed by atoms with Gasteiger partial charge in [0.05, 0.1) is 18.0 Å². The van der Waals surface area contributed by atoms with E-state index in [9.17, 15) is 16.8 Å². The third-order valence-corrected chi connectivity index (χ3v) is 8.85. The number of benzene rings is 2. The Balaban J connectivity index is 2.04. The summed E-state index contributed by atoms with van der Waals surface area (Å²) in [7, 11) is -7.37. The van der Waals surface area contributed by atoms with Gasteiger partial charge in [0.1, 0.15) is 10.6 Å². The molecule has 1 aliphatic heterocycles. The third-order valence-electron chi connectivity index (χ3n) is 5.04. The highest BCUT2D eigenvalue weighted by atomic mass is 32.2. The maximum absolute atomic E-state index is 13.5. The zero-order chi connectivity index (χ0) is 21.8. The summed E-state index contributed by atoms with van der Waals surface area (Å²) in [6.45, 7) is 4.69. The number of ether oxygens (including phenoxy) is 1. The second-order valence-electron chi connectivity index (χ2n) is 7.08. The molecule has 1 saturated heterocycles. The summed E-state index contributed by atoms with van der Waals surface area (Å²) in [6, 6.07) is 13.9. The Hall–Kier alpha value is -2.10. The number of sulfonamides is 2. The summed E-state index contributed by atoms with van der Waals surface area (Å²) in [5.41, 5.74) is 1.23. The van der Waals surface area contributed by atoms with Crippen LogP contribution in [0.1, 0.15) is 32.3 Å². The normalized spacial score (nSPS) is 16.6. The fourth-order valence-corrected chi connectivity index (χ4v) is 6.72.